The summed E-state index contributed by atoms with van der Waals surface area (Å²) in [6.07, 6.45) is 3.71. The molecule has 0 saturated heterocycles. The van der Waals surface area contributed by atoms with Crippen LogP contribution in [0.15, 0.2) is 30.6 Å². The van der Waals surface area contributed by atoms with Gasteiger partial charge in [0.1, 0.15) is 17.6 Å². The first-order valence-electron chi connectivity index (χ1n) is 6.11. The Morgan fingerprint density at radius 3 is 3.00 bits per heavy atom. The first-order valence-corrected chi connectivity index (χ1v) is 6.11. The molecule has 1 aromatic heterocycles. The van der Waals surface area contributed by atoms with Crippen LogP contribution in [0, 0.1) is 11.3 Å². The van der Waals surface area contributed by atoms with E-state index in [1.807, 2.05) is 12.3 Å². The van der Waals surface area contributed by atoms with E-state index < -0.39 is 0 Å². The number of methoxy groups -OCH3 is 1. The average Bonchev–Trinajstić information content (AvgIpc) is 2.91. The molecule has 98 valence electrons. The Morgan fingerprint density at radius 2 is 2.32 bits per heavy atom. The van der Waals surface area contributed by atoms with E-state index in [2.05, 4.69) is 27.9 Å². The number of ether oxygens (including phenoxy) is 1. The highest BCUT2D eigenvalue weighted by molar-refractivity contribution is 5.66. The third-order valence-corrected chi connectivity index (χ3v) is 2.93. The van der Waals surface area contributed by atoms with Gasteiger partial charge in [0.2, 0.25) is 0 Å². The summed E-state index contributed by atoms with van der Waals surface area (Å²) in [4.78, 5) is 4.29. The number of nitriles is 1. The van der Waals surface area contributed by atoms with Crippen LogP contribution in [-0.2, 0) is 13.1 Å². The fraction of sp³-hybridized carbons (Fsp3) is 0.286. The first kappa shape index (κ1) is 13.0. The smallest absolute Gasteiger partial charge is 0.143 e. The number of imidazole rings is 1. The van der Waals surface area contributed by atoms with Crippen molar-refractivity contribution in [2.24, 2.45) is 0 Å². The number of hydrogen-bond acceptors (Lipinski definition) is 4. The lowest BCUT2D eigenvalue weighted by molar-refractivity contribution is 0.416. The van der Waals surface area contributed by atoms with Crippen LogP contribution in [0.25, 0.3) is 0 Å². The molecule has 0 aliphatic rings. The molecule has 0 aliphatic heterocycles. The van der Waals surface area contributed by atoms with Crippen molar-refractivity contribution in [1.82, 2.24) is 9.55 Å². The van der Waals surface area contributed by atoms with Gasteiger partial charge in [0.25, 0.3) is 0 Å². The third kappa shape index (κ3) is 2.68. The molecule has 0 bridgehead atoms. The van der Waals surface area contributed by atoms with Crippen molar-refractivity contribution >= 4 is 5.69 Å². The molecule has 2 aromatic rings. The largest absolute Gasteiger partial charge is 0.495 e. The number of anilines is 1. The summed E-state index contributed by atoms with van der Waals surface area (Å²) in [5.41, 5.74) is 1.27. The van der Waals surface area contributed by atoms with Crippen molar-refractivity contribution in [3.8, 4) is 11.8 Å². The van der Waals surface area contributed by atoms with Crippen molar-refractivity contribution in [3.05, 3.63) is 42.0 Å². The highest BCUT2D eigenvalue weighted by Crippen LogP contribution is 2.28. The molecule has 0 atom stereocenters. The molecule has 5 heteroatoms. The Bertz CT molecular complexity index is 598. The van der Waals surface area contributed by atoms with E-state index in [4.69, 9.17) is 10.00 Å². The summed E-state index contributed by atoms with van der Waals surface area (Å²) in [6, 6.07) is 7.55. The van der Waals surface area contributed by atoms with Crippen LogP contribution in [0.1, 0.15) is 18.3 Å². The molecule has 1 heterocycles. The zero-order valence-corrected chi connectivity index (χ0v) is 11.1. The van der Waals surface area contributed by atoms with Gasteiger partial charge in [-0.3, -0.25) is 0 Å². The molecule has 19 heavy (non-hydrogen) atoms. The third-order valence-electron chi connectivity index (χ3n) is 2.93. The lowest BCUT2D eigenvalue weighted by atomic mass is 10.2. The number of rotatable bonds is 5. The normalized spacial score (nSPS) is 9.95. The standard InChI is InChI=1S/C14H16N4O/c1-3-18-8-7-16-13(18)10-17-14-11(9-15)5-4-6-12(14)19-2/h4-8,17H,3,10H2,1-2H3. The lowest BCUT2D eigenvalue weighted by Crippen LogP contribution is -2.09. The average molecular weight is 256 g/mol. The molecule has 0 radical (unpaired) electrons. The number of benzene rings is 1. The van der Waals surface area contributed by atoms with Gasteiger partial charge in [0.15, 0.2) is 0 Å². The number of nitrogens with one attached hydrogen (secondary N) is 1. The highest BCUT2D eigenvalue weighted by Gasteiger charge is 2.09. The summed E-state index contributed by atoms with van der Waals surface area (Å²) in [7, 11) is 1.59. The summed E-state index contributed by atoms with van der Waals surface area (Å²) < 4.78 is 7.32. The zero-order valence-electron chi connectivity index (χ0n) is 11.1. The number of aromatic nitrogens is 2. The maximum atomic E-state index is 9.13. The number of para-hydroxylation sites is 1. The molecule has 5 nitrogen and oxygen atoms in total. The van der Waals surface area contributed by atoms with E-state index in [-0.39, 0.29) is 0 Å². The lowest BCUT2D eigenvalue weighted by Gasteiger charge is -2.13. The summed E-state index contributed by atoms with van der Waals surface area (Å²) in [6.45, 7) is 3.49. The van der Waals surface area contributed by atoms with Crippen LogP contribution < -0.4 is 10.1 Å². The summed E-state index contributed by atoms with van der Waals surface area (Å²) >= 11 is 0. The van der Waals surface area contributed by atoms with Crippen LogP contribution in [0.3, 0.4) is 0 Å². The Hall–Kier alpha value is -2.48. The fourth-order valence-electron chi connectivity index (χ4n) is 1.94. The van der Waals surface area contributed by atoms with E-state index >= 15 is 0 Å². The van der Waals surface area contributed by atoms with Gasteiger partial charge < -0.3 is 14.6 Å². The highest BCUT2D eigenvalue weighted by atomic mass is 16.5. The van der Waals surface area contributed by atoms with Crippen LogP contribution >= 0.6 is 0 Å². The summed E-state index contributed by atoms with van der Waals surface area (Å²) in [5.74, 6) is 1.59. The molecule has 0 spiro atoms. The SMILES string of the molecule is CCn1ccnc1CNc1c(C#N)cccc1OC. The molecular weight excluding hydrogens is 240 g/mol. The summed E-state index contributed by atoms with van der Waals surface area (Å²) in [5, 5.41) is 12.4. The zero-order chi connectivity index (χ0) is 13.7. The minimum atomic E-state index is 0.551. The van der Waals surface area contributed by atoms with E-state index in [0.29, 0.717) is 23.5 Å². The molecule has 0 unspecified atom stereocenters. The van der Waals surface area contributed by atoms with E-state index in [1.165, 1.54) is 0 Å². The Labute approximate surface area is 112 Å². The van der Waals surface area contributed by atoms with Gasteiger partial charge >= 0.3 is 0 Å². The van der Waals surface area contributed by atoms with Gasteiger partial charge in [-0.1, -0.05) is 6.07 Å². The molecule has 0 saturated carbocycles. The topological polar surface area (TPSA) is 62.9 Å². The number of nitrogens with zero attached hydrogens (tertiary/aromatic N) is 3. The molecule has 1 N–H and O–H groups in total. The second-order valence-electron chi connectivity index (χ2n) is 3.98. The Morgan fingerprint density at radius 1 is 1.47 bits per heavy atom. The van der Waals surface area contributed by atoms with Crippen LogP contribution in [-0.4, -0.2) is 16.7 Å². The van der Waals surface area contributed by atoms with Crippen LogP contribution in [0.5, 0.6) is 5.75 Å². The van der Waals surface area contributed by atoms with Crippen LogP contribution in [0.4, 0.5) is 5.69 Å². The Balaban J connectivity index is 2.22. The number of hydrogen-bond donors (Lipinski definition) is 1. The van der Waals surface area contributed by atoms with Gasteiger partial charge in [-0.15, -0.1) is 0 Å². The van der Waals surface area contributed by atoms with Crippen molar-refractivity contribution < 1.29 is 4.74 Å². The predicted octanol–water partition coefficient (Wildman–Crippen LogP) is 2.40. The van der Waals surface area contributed by atoms with Gasteiger partial charge in [-0.25, -0.2) is 4.98 Å². The second-order valence-corrected chi connectivity index (χ2v) is 3.98. The second kappa shape index (κ2) is 5.91. The van der Waals surface area contributed by atoms with Crippen molar-refractivity contribution in [2.75, 3.05) is 12.4 Å². The maximum absolute atomic E-state index is 9.13. The molecule has 0 fully saturated rings. The maximum Gasteiger partial charge on any atom is 0.143 e. The molecular formula is C14H16N4O. The minimum absolute atomic E-state index is 0.551. The van der Waals surface area contributed by atoms with Crippen molar-refractivity contribution in [1.29, 1.82) is 5.26 Å². The molecule has 0 amide bonds. The van der Waals surface area contributed by atoms with Gasteiger partial charge in [-0.2, -0.15) is 5.26 Å². The van der Waals surface area contributed by atoms with E-state index in [0.717, 1.165) is 12.4 Å². The predicted molar refractivity (Wildman–Crippen MR) is 72.9 cm³/mol. The van der Waals surface area contributed by atoms with Crippen LogP contribution in [0.2, 0.25) is 0 Å². The minimum Gasteiger partial charge on any atom is -0.495 e. The quantitative estimate of drug-likeness (QED) is 0.892. The molecule has 0 aliphatic carbocycles. The van der Waals surface area contributed by atoms with Gasteiger partial charge in [0.05, 0.1) is 24.9 Å². The van der Waals surface area contributed by atoms with E-state index in [1.54, 1.807) is 25.4 Å². The van der Waals surface area contributed by atoms with Crippen molar-refractivity contribution in [2.45, 2.75) is 20.0 Å². The van der Waals surface area contributed by atoms with Crippen molar-refractivity contribution in [3.63, 3.8) is 0 Å². The van der Waals surface area contributed by atoms with Gasteiger partial charge in [-0.05, 0) is 19.1 Å². The first-order chi connectivity index (χ1) is 9.30. The Kier molecular flexibility index (Phi) is 4.04. The monoisotopic (exact) mass is 256 g/mol. The number of aryl methyl sites for hydroxylation is 1. The molecule has 1 aromatic carbocycles. The fourth-order valence-corrected chi connectivity index (χ4v) is 1.94. The van der Waals surface area contributed by atoms with Gasteiger partial charge in [0, 0.05) is 18.9 Å². The molecule has 2 rings (SSSR count). The van der Waals surface area contributed by atoms with E-state index in [9.17, 15) is 0 Å².